The van der Waals surface area contributed by atoms with Crippen molar-refractivity contribution in [3.8, 4) is 11.5 Å². The van der Waals surface area contributed by atoms with Crippen LogP contribution in [-0.4, -0.2) is 41.5 Å². The van der Waals surface area contributed by atoms with Gasteiger partial charge in [0.25, 0.3) is 0 Å². The Morgan fingerprint density at radius 1 is 0.966 bits per heavy atom. The van der Waals surface area contributed by atoms with E-state index >= 15 is 0 Å². The molecule has 29 heavy (non-hydrogen) atoms. The van der Waals surface area contributed by atoms with Crippen molar-refractivity contribution in [2.45, 2.75) is 13.1 Å². The summed E-state index contributed by atoms with van der Waals surface area (Å²) in [5.74, 6) is -0.0901. The Balaban J connectivity index is 1.27. The van der Waals surface area contributed by atoms with Crippen LogP contribution >= 0.6 is 11.6 Å². The Kier molecular flexibility index (Phi) is 4.44. The van der Waals surface area contributed by atoms with Crippen LogP contribution in [0.15, 0.2) is 36.4 Å². The van der Waals surface area contributed by atoms with Gasteiger partial charge >= 0.3 is 0 Å². The molecule has 3 heterocycles. The van der Waals surface area contributed by atoms with Gasteiger partial charge in [0.15, 0.2) is 11.5 Å². The van der Waals surface area contributed by atoms with Crippen molar-refractivity contribution in [1.29, 1.82) is 0 Å². The van der Waals surface area contributed by atoms with Crippen LogP contribution in [0.3, 0.4) is 0 Å². The molecule has 0 spiro atoms. The lowest BCUT2D eigenvalue weighted by atomic mass is 10.00. The van der Waals surface area contributed by atoms with Crippen LogP contribution in [0.2, 0.25) is 5.02 Å². The topological polar surface area (TPSA) is 59.1 Å². The Morgan fingerprint density at radius 2 is 1.69 bits per heavy atom. The number of imide groups is 1. The van der Waals surface area contributed by atoms with Crippen LogP contribution in [0.1, 0.15) is 11.1 Å². The van der Waals surface area contributed by atoms with E-state index in [9.17, 15) is 14.0 Å². The molecule has 0 aliphatic carbocycles. The monoisotopic (exact) mass is 416 g/mol. The fraction of sp³-hybridized carbons (Fsp3) is 0.333. The zero-order valence-electron chi connectivity index (χ0n) is 15.4. The van der Waals surface area contributed by atoms with E-state index in [1.54, 1.807) is 18.2 Å². The van der Waals surface area contributed by atoms with E-state index in [0.717, 1.165) is 11.1 Å². The summed E-state index contributed by atoms with van der Waals surface area (Å²) in [6.07, 6.45) is 0. The molecule has 2 aromatic carbocycles. The second-order valence-electron chi connectivity index (χ2n) is 7.59. The molecule has 0 bridgehead atoms. The zero-order chi connectivity index (χ0) is 20.1. The summed E-state index contributed by atoms with van der Waals surface area (Å²) < 4.78 is 23.9. The minimum Gasteiger partial charge on any atom is -0.454 e. The zero-order valence-corrected chi connectivity index (χ0v) is 16.2. The molecular weight excluding hydrogens is 399 g/mol. The maximum Gasteiger partial charge on any atom is 0.234 e. The summed E-state index contributed by atoms with van der Waals surface area (Å²) in [4.78, 5) is 29.2. The summed E-state index contributed by atoms with van der Waals surface area (Å²) in [7, 11) is 0. The predicted molar refractivity (Wildman–Crippen MR) is 102 cm³/mol. The van der Waals surface area contributed by atoms with Crippen molar-refractivity contribution in [2.24, 2.45) is 11.8 Å². The number of fused-ring (bicyclic) bond motifs is 2. The molecule has 8 heteroatoms. The molecule has 5 rings (SSSR count). The first-order valence-corrected chi connectivity index (χ1v) is 9.77. The van der Waals surface area contributed by atoms with Crippen molar-refractivity contribution in [1.82, 2.24) is 9.80 Å². The molecule has 2 atom stereocenters. The van der Waals surface area contributed by atoms with E-state index in [2.05, 4.69) is 0 Å². The predicted octanol–water partition coefficient (Wildman–Crippen LogP) is 2.82. The van der Waals surface area contributed by atoms with Crippen molar-refractivity contribution in [3.05, 3.63) is 58.4 Å². The van der Waals surface area contributed by atoms with Gasteiger partial charge in [0.2, 0.25) is 18.6 Å². The second-order valence-corrected chi connectivity index (χ2v) is 8.00. The molecule has 0 N–H and O–H groups in total. The third-order valence-electron chi connectivity index (χ3n) is 5.75. The van der Waals surface area contributed by atoms with Crippen molar-refractivity contribution in [2.75, 3.05) is 19.9 Å². The van der Waals surface area contributed by atoms with Gasteiger partial charge in [-0.3, -0.25) is 19.4 Å². The van der Waals surface area contributed by atoms with Crippen LogP contribution in [0.5, 0.6) is 11.5 Å². The minimum absolute atomic E-state index is 0.148. The highest BCUT2D eigenvalue weighted by Crippen LogP contribution is 2.37. The van der Waals surface area contributed by atoms with Gasteiger partial charge in [0, 0.05) is 24.7 Å². The van der Waals surface area contributed by atoms with E-state index in [4.69, 9.17) is 21.1 Å². The van der Waals surface area contributed by atoms with Crippen LogP contribution in [0, 0.1) is 17.7 Å². The van der Waals surface area contributed by atoms with Gasteiger partial charge in [-0.05, 0) is 35.4 Å². The summed E-state index contributed by atoms with van der Waals surface area (Å²) in [5, 5.41) is 0.351. The number of benzene rings is 2. The Labute approximate surface area is 171 Å². The van der Waals surface area contributed by atoms with Crippen molar-refractivity contribution in [3.63, 3.8) is 0 Å². The average Bonchev–Trinajstić information content (AvgIpc) is 3.38. The molecule has 2 aromatic rings. The molecule has 3 aliphatic rings. The minimum atomic E-state index is -0.387. The molecule has 0 radical (unpaired) electrons. The number of carbonyl (C=O) groups is 2. The van der Waals surface area contributed by atoms with Crippen molar-refractivity contribution < 1.29 is 23.5 Å². The third-order valence-corrected chi connectivity index (χ3v) is 6.10. The quantitative estimate of drug-likeness (QED) is 0.717. The lowest BCUT2D eigenvalue weighted by Crippen LogP contribution is -2.35. The number of nitrogens with zero attached hydrogens (tertiary/aromatic N) is 2. The molecule has 6 nitrogen and oxygen atoms in total. The van der Waals surface area contributed by atoms with Crippen LogP contribution in [-0.2, 0) is 22.7 Å². The number of ether oxygens (including phenoxy) is 2. The van der Waals surface area contributed by atoms with Crippen LogP contribution in [0.25, 0.3) is 0 Å². The van der Waals surface area contributed by atoms with E-state index < -0.39 is 0 Å². The summed E-state index contributed by atoms with van der Waals surface area (Å²) in [6, 6.07) is 9.71. The largest absolute Gasteiger partial charge is 0.454 e. The lowest BCUT2D eigenvalue weighted by molar-refractivity contribution is -0.141. The fourth-order valence-electron chi connectivity index (χ4n) is 4.29. The molecule has 2 amide bonds. The molecule has 0 aromatic heterocycles. The van der Waals surface area contributed by atoms with E-state index in [1.165, 1.54) is 17.0 Å². The smallest absolute Gasteiger partial charge is 0.234 e. The molecule has 0 saturated carbocycles. The van der Waals surface area contributed by atoms with Crippen LogP contribution in [0.4, 0.5) is 4.39 Å². The Hall–Kier alpha value is -2.64. The van der Waals surface area contributed by atoms with Crippen molar-refractivity contribution >= 4 is 23.4 Å². The number of likely N-dealkylation sites (tertiary alicyclic amines) is 2. The highest BCUT2D eigenvalue weighted by molar-refractivity contribution is 6.31. The third kappa shape index (κ3) is 3.24. The Bertz CT molecular complexity index is 990. The standard InChI is InChI=1S/C21H18ClFN2O4/c22-17-6-14(23)3-2-13(17)8-24-9-15-16(10-24)21(27)25(20(15)26)7-12-1-4-18-19(5-12)29-11-28-18/h1-6,15-16H,7-11H2/t15-,16+. The fourth-order valence-corrected chi connectivity index (χ4v) is 4.52. The molecule has 150 valence electrons. The number of halogens is 2. The highest BCUT2D eigenvalue weighted by atomic mass is 35.5. The van der Waals surface area contributed by atoms with Gasteiger partial charge < -0.3 is 9.47 Å². The van der Waals surface area contributed by atoms with Gasteiger partial charge in [0.05, 0.1) is 18.4 Å². The molecule has 2 saturated heterocycles. The van der Waals surface area contributed by atoms with Gasteiger partial charge in [0.1, 0.15) is 5.82 Å². The first-order chi connectivity index (χ1) is 14.0. The molecule has 0 unspecified atom stereocenters. The summed E-state index contributed by atoms with van der Waals surface area (Å²) >= 11 is 6.11. The van der Waals surface area contributed by atoms with Gasteiger partial charge in [-0.2, -0.15) is 0 Å². The first kappa shape index (κ1) is 18.4. The number of rotatable bonds is 4. The normalized spacial score (nSPS) is 23.2. The number of amides is 2. The van der Waals surface area contributed by atoms with Gasteiger partial charge in [-0.1, -0.05) is 23.7 Å². The number of carbonyl (C=O) groups excluding carboxylic acids is 2. The average molecular weight is 417 g/mol. The summed E-state index contributed by atoms with van der Waals surface area (Å²) in [6.45, 7) is 1.86. The lowest BCUT2D eigenvalue weighted by Gasteiger charge is -2.21. The number of hydrogen-bond acceptors (Lipinski definition) is 5. The SMILES string of the molecule is O=C1[C@H]2CN(Cc3ccc(F)cc3Cl)C[C@H]2C(=O)N1Cc1ccc2c(c1)OCO2. The highest BCUT2D eigenvalue weighted by Gasteiger charge is 2.52. The van der Waals surface area contributed by atoms with E-state index in [0.29, 0.717) is 36.2 Å². The maximum atomic E-state index is 13.2. The maximum absolute atomic E-state index is 13.2. The molecular formula is C21H18ClFN2O4. The van der Waals surface area contributed by atoms with Gasteiger partial charge in [-0.25, -0.2) is 4.39 Å². The van der Waals surface area contributed by atoms with E-state index in [-0.39, 0.29) is 42.8 Å². The summed E-state index contributed by atoms with van der Waals surface area (Å²) in [5.41, 5.74) is 1.61. The molecule has 3 aliphatic heterocycles. The Morgan fingerprint density at radius 3 is 2.41 bits per heavy atom. The first-order valence-electron chi connectivity index (χ1n) is 9.39. The number of hydrogen-bond donors (Lipinski definition) is 0. The molecule has 2 fully saturated rings. The van der Waals surface area contributed by atoms with Gasteiger partial charge in [-0.15, -0.1) is 0 Å². The second kappa shape index (κ2) is 7.00. The van der Waals surface area contributed by atoms with E-state index in [1.807, 2.05) is 11.0 Å². The van der Waals surface area contributed by atoms with Crippen LogP contribution < -0.4 is 9.47 Å².